The maximum absolute atomic E-state index is 13.3. The summed E-state index contributed by atoms with van der Waals surface area (Å²) in [4.78, 5) is 0. The molecule has 1 aromatic rings. The van der Waals surface area contributed by atoms with E-state index in [2.05, 4.69) is 15.9 Å². The smallest absolute Gasteiger partial charge is 0.151 e. The zero-order valence-electron chi connectivity index (χ0n) is 7.47. The van der Waals surface area contributed by atoms with E-state index in [1.54, 1.807) is 0 Å². The summed E-state index contributed by atoms with van der Waals surface area (Å²) in [7, 11) is 0. The van der Waals surface area contributed by atoms with E-state index < -0.39 is 5.67 Å². The lowest BCUT2D eigenvalue weighted by molar-refractivity contribution is 0.126. The monoisotopic (exact) mass is 246 g/mol. The lowest BCUT2D eigenvalue weighted by atomic mass is 10.2. The molecule has 0 fully saturated rings. The molecular formula is C10H12BrFO. The van der Waals surface area contributed by atoms with E-state index in [4.69, 9.17) is 4.74 Å². The van der Waals surface area contributed by atoms with Gasteiger partial charge in [0.1, 0.15) is 12.4 Å². The van der Waals surface area contributed by atoms with E-state index in [9.17, 15) is 4.39 Å². The van der Waals surface area contributed by atoms with E-state index in [1.165, 1.54) is 6.92 Å². The predicted molar refractivity (Wildman–Crippen MR) is 55.2 cm³/mol. The van der Waals surface area contributed by atoms with Crippen molar-refractivity contribution in [1.82, 2.24) is 0 Å². The number of ether oxygens (including phenoxy) is 1. The van der Waals surface area contributed by atoms with Crippen LogP contribution in [0, 0.1) is 0 Å². The van der Waals surface area contributed by atoms with Crippen molar-refractivity contribution in [3.63, 3.8) is 0 Å². The quantitative estimate of drug-likeness (QED) is 0.742. The van der Waals surface area contributed by atoms with Crippen LogP contribution in [0.1, 0.15) is 6.92 Å². The highest BCUT2D eigenvalue weighted by Gasteiger charge is 2.22. The summed E-state index contributed by atoms with van der Waals surface area (Å²) in [5, 5.41) is 0.285. The molecule has 13 heavy (non-hydrogen) atoms. The lowest BCUT2D eigenvalue weighted by Gasteiger charge is -2.17. The third-order valence-electron chi connectivity index (χ3n) is 1.56. The van der Waals surface area contributed by atoms with Crippen molar-refractivity contribution in [2.75, 3.05) is 11.9 Å². The molecule has 3 heteroatoms. The van der Waals surface area contributed by atoms with Gasteiger partial charge >= 0.3 is 0 Å². The van der Waals surface area contributed by atoms with Gasteiger partial charge in [-0.1, -0.05) is 34.1 Å². The molecule has 0 aliphatic carbocycles. The molecular weight excluding hydrogens is 235 g/mol. The zero-order valence-corrected chi connectivity index (χ0v) is 9.05. The summed E-state index contributed by atoms with van der Waals surface area (Å²) in [6, 6.07) is 9.23. The number of para-hydroxylation sites is 1. The molecule has 0 N–H and O–H groups in total. The molecule has 0 aliphatic rings. The molecule has 0 saturated heterocycles. The van der Waals surface area contributed by atoms with E-state index in [1.807, 2.05) is 30.3 Å². The van der Waals surface area contributed by atoms with Gasteiger partial charge in [0.25, 0.3) is 0 Å². The maximum atomic E-state index is 13.3. The summed E-state index contributed by atoms with van der Waals surface area (Å²) in [5.74, 6) is 0.701. The predicted octanol–water partition coefficient (Wildman–Crippen LogP) is 3.19. The van der Waals surface area contributed by atoms with Gasteiger partial charge < -0.3 is 4.74 Å². The van der Waals surface area contributed by atoms with Gasteiger partial charge in [0.2, 0.25) is 0 Å². The highest BCUT2D eigenvalue weighted by Crippen LogP contribution is 2.16. The third-order valence-corrected chi connectivity index (χ3v) is 2.73. The molecule has 0 radical (unpaired) electrons. The Hall–Kier alpha value is -0.570. The second-order valence-electron chi connectivity index (χ2n) is 3.15. The molecule has 0 spiro atoms. The van der Waals surface area contributed by atoms with Crippen molar-refractivity contribution in [2.24, 2.45) is 0 Å². The Balaban J connectivity index is 2.44. The van der Waals surface area contributed by atoms with E-state index in [0.717, 1.165) is 0 Å². The number of rotatable bonds is 4. The van der Waals surface area contributed by atoms with Crippen LogP contribution in [-0.2, 0) is 0 Å². The lowest BCUT2D eigenvalue weighted by Crippen LogP contribution is -2.28. The van der Waals surface area contributed by atoms with Crippen LogP contribution in [0.15, 0.2) is 30.3 Å². The maximum Gasteiger partial charge on any atom is 0.151 e. The first-order valence-electron chi connectivity index (χ1n) is 4.07. The van der Waals surface area contributed by atoms with Gasteiger partial charge in [0.05, 0.1) is 0 Å². The molecule has 0 bridgehead atoms. The van der Waals surface area contributed by atoms with Crippen LogP contribution in [0.5, 0.6) is 5.75 Å². The van der Waals surface area contributed by atoms with Crippen LogP contribution < -0.4 is 4.74 Å². The average Bonchev–Trinajstić information content (AvgIpc) is 2.17. The van der Waals surface area contributed by atoms with E-state index >= 15 is 0 Å². The van der Waals surface area contributed by atoms with Crippen molar-refractivity contribution in [1.29, 1.82) is 0 Å². The topological polar surface area (TPSA) is 9.23 Å². The highest BCUT2D eigenvalue weighted by atomic mass is 79.9. The minimum atomic E-state index is -1.31. The van der Waals surface area contributed by atoms with Gasteiger partial charge in [-0.2, -0.15) is 0 Å². The Morgan fingerprint density at radius 1 is 1.38 bits per heavy atom. The third kappa shape index (κ3) is 3.77. The number of halogens is 2. The van der Waals surface area contributed by atoms with Crippen LogP contribution in [0.2, 0.25) is 0 Å². The molecule has 0 aromatic heterocycles. The van der Waals surface area contributed by atoms with Crippen LogP contribution in [0.4, 0.5) is 4.39 Å². The summed E-state index contributed by atoms with van der Waals surface area (Å²) in [6.45, 7) is 1.58. The van der Waals surface area contributed by atoms with Gasteiger partial charge in [-0.3, -0.25) is 0 Å². The highest BCUT2D eigenvalue weighted by molar-refractivity contribution is 9.09. The molecule has 1 atom stereocenters. The normalized spacial score (nSPS) is 15.0. The van der Waals surface area contributed by atoms with Crippen molar-refractivity contribution in [3.8, 4) is 5.75 Å². The second kappa shape index (κ2) is 4.61. The molecule has 0 aliphatic heterocycles. The molecule has 0 heterocycles. The van der Waals surface area contributed by atoms with Crippen LogP contribution in [-0.4, -0.2) is 17.6 Å². The molecule has 0 amide bonds. The van der Waals surface area contributed by atoms with Crippen molar-refractivity contribution in [2.45, 2.75) is 12.6 Å². The van der Waals surface area contributed by atoms with E-state index in [-0.39, 0.29) is 11.9 Å². The number of alkyl halides is 2. The van der Waals surface area contributed by atoms with Gasteiger partial charge in [0, 0.05) is 5.33 Å². The first kappa shape index (κ1) is 10.5. The van der Waals surface area contributed by atoms with E-state index in [0.29, 0.717) is 5.75 Å². The van der Waals surface area contributed by atoms with Gasteiger partial charge in [-0.15, -0.1) is 0 Å². The fourth-order valence-electron chi connectivity index (χ4n) is 0.789. The summed E-state index contributed by atoms with van der Waals surface area (Å²) >= 11 is 3.09. The Bertz CT molecular complexity index is 248. The minimum absolute atomic E-state index is 0.0717. The van der Waals surface area contributed by atoms with Crippen LogP contribution in [0.3, 0.4) is 0 Å². The fraction of sp³-hybridized carbons (Fsp3) is 0.400. The fourth-order valence-corrected chi connectivity index (χ4v) is 0.951. The molecule has 1 unspecified atom stereocenters. The van der Waals surface area contributed by atoms with Crippen molar-refractivity contribution < 1.29 is 9.13 Å². The largest absolute Gasteiger partial charge is 0.490 e. The summed E-state index contributed by atoms with van der Waals surface area (Å²) < 4.78 is 18.6. The van der Waals surface area contributed by atoms with Gasteiger partial charge in [-0.05, 0) is 19.1 Å². The SMILES string of the molecule is CC(F)(CBr)COc1ccccc1. The average molecular weight is 247 g/mol. The Labute approximate surface area is 86.0 Å². The van der Waals surface area contributed by atoms with Crippen molar-refractivity contribution >= 4 is 15.9 Å². The van der Waals surface area contributed by atoms with Gasteiger partial charge in [0.15, 0.2) is 5.67 Å². The molecule has 1 nitrogen and oxygen atoms in total. The number of hydrogen-bond donors (Lipinski definition) is 0. The standard InChI is InChI=1S/C10H12BrFO/c1-10(12,7-11)8-13-9-5-3-2-4-6-9/h2-6H,7-8H2,1H3. The summed E-state index contributed by atoms with van der Waals surface area (Å²) in [6.07, 6.45) is 0. The van der Waals surface area contributed by atoms with Crippen LogP contribution in [0.25, 0.3) is 0 Å². The van der Waals surface area contributed by atoms with Gasteiger partial charge in [-0.25, -0.2) is 4.39 Å². The first-order chi connectivity index (χ1) is 6.14. The van der Waals surface area contributed by atoms with Crippen molar-refractivity contribution in [3.05, 3.63) is 30.3 Å². The Morgan fingerprint density at radius 2 is 2.00 bits per heavy atom. The molecule has 1 rings (SSSR count). The minimum Gasteiger partial charge on any atom is -0.490 e. The molecule has 0 saturated carbocycles. The second-order valence-corrected chi connectivity index (χ2v) is 3.71. The zero-order chi connectivity index (χ0) is 9.73. The number of benzene rings is 1. The summed E-state index contributed by atoms with van der Waals surface area (Å²) in [5.41, 5.74) is -1.31. The Kier molecular flexibility index (Phi) is 3.72. The van der Waals surface area contributed by atoms with Crippen LogP contribution >= 0.6 is 15.9 Å². The first-order valence-corrected chi connectivity index (χ1v) is 5.19. The molecule has 72 valence electrons. The molecule has 1 aromatic carbocycles. The Morgan fingerprint density at radius 3 is 2.54 bits per heavy atom. The number of hydrogen-bond acceptors (Lipinski definition) is 1.